The van der Waals surface area contributed by atoms with Gasteiger partial charge in [0.25, 0.3) is 0 Å². The molecule has 11 N–H and O–H groups in total. The van der Waals surface area contributed by atoms with Crippen LogP contribution >= 0.6 is 24.4 Å². The number of carboxylic acid groups (broad SMARTS) is 2. The van der Waals surface area contributed by atoms with E-state index in [-0.39, 0.29) is 122 Å². The molecule has 2 bridgehead atoms. The summed E-state index contributed by atoms with van der Waals surface area (Å²) >= 11 is 10.8. The molecule has 0 aliphatic carbocycles. The predicted octanol–water partition coefficient (Wildman–Crippen LogP) is -3.22. The number of nitrogens with one attached hydrogen (secondary N) is 3. The van der Waals surface area contributed by atoms with Crippen molar-refractivity contribution in [3.8, 4) is 0 Å². The summed E-state index contributed by atoms with van der Waals surface area (Å²) in [6.45, 7) is 4.88. The molecule has 0 fully saturated rings. The second kappa shape index (κ2) is 36.4. The zero-order valence-corrected chi connectivity index (χ0v) is 36.1. The van der Waals surface area contributed by atoms with Crippen LogP contribution in [0.5, 0.6) is 0 Å². The molecule has 0 spiro atoms. The third-order valence-electron chi connectivity index (χ3n) is 8.60. The molecule has 2 heterocycles. The van der Waals surface area contributed by atoms with Gasteiger partial charge < -0.3 is 71.5 Å². The minimum absolute atomic E-state index is 0. The van der Waals surface area contributed by atoms with Gasteiger partial charge in [-0.3, -0.25) is 28.8 Å². The number of hydrogen-bond donors (Lipinski definition) is 11. The number of rotatable bonds is 22. The monoisotopic (exact) mass is 911 g/mol. The number of carbonyl (C=O) groups is 2. The number of alkyl halides is 1. The summed E-state index contributed by atoms with van der Waals surface area (Å²) in [4.78, 5) is 38.8. The number of carboxylic acids is 2. The van der Waals surface area contributed by atoms with E-state index >= 15 is 0 Å². The number of aliphatic hydroxyl groups excluding tert-OH is 6. The summed E-state index contributed by atoms with van der Waals surface area (Å²) in [7, 11) is 0.916. The van der Waals surface area contributed by atoms with Crippen LogP contribution in [0.3, 0.4) is 0 Å². The predicted molar refractivity (Wildman–Crippen MR) is 221 cm³/mol. The Morgan fingerprint density at radius 1 is 0.741 bits per heavy atom. The van der Waals surface area contributed by atoms with Crippen LogP contribution in [-0.2, 0) is 39.7 Å². The number of aliphatic carboxylic acids is 2. The van der Waals surface area contributed by atoms with Crippen LogP contribution in [0.15, 0.2) is 18.2 Å². The van der Waals surface area contributed by atoms with Crippen molar-refractivity contribution in [3.05, 3.63) is 29.6 Å². The first-order valence-corrected chi connectivity index (χ1v) is 19.5. The van der Waals surface area contributed by atoms with E-state index in [1.165, 1.54) is 0 Å². The van der Waals surface area contributed by atoms with Crippen LogP contribution in [0.2, 0.25) is 0 Å². The van der Waals surface area contributed by atoms with E-state index in [2.05, 4.69) is 16.0 Å². The first-order chi connectivity index (χ1) is 27.9. The van der Waals surface area contributed by atoms with Gasteiger partial charge in [0.2, 0.25) is 0 Å². The molecule has 1 aromatic rings. The molecule has 1 aromatic heterocycles. The van der Waals surface area contributed by atoms with Gasteiger partial charge in [0.05, 0.1) is 59.6 Å². The van der Waals surface area contributed by atoms with Crippen molar-refractivity contribution >= 4 is 46.6 Å². The Balaban J connectivity index is 0. The maximum Gasteiger partial charge on any atom is 0.320 e. The molecule has 0 aromatic carbocycles. The molecule has 1 aliphatic rings. The average Bonchev–Trinajstić information content (AvgIpc) is 3.18. The van der Waals surface area contributed by atoms with E-state index in [9.17, 15) is 44.6 Å². The fraction of sp³-hybridized carbons (Fsp3) is 0.743. The number of hydrogen-bond acceptors (Lipinski definition) is 15. The van der Waals surface area contributed by atoms with E-state index in [1.54, 1.807) is 9.80 Å². The molecule has 0 amide bonds. The van der Waals surface area contributed by atoms with Crippen molar-refractivity contribution in [3.63, 3.8) is 0 Å². The Kier molecular flexibility index (Phi) is 34.8. The summed E-state index contributed by atoms with van der Waals surface area (Å²) in [5.74, 6) is -1.95. The second-order valence-corrected chi connectivity index (χ2v) is 13.5. The van der Waals surface area contributed by atoms with Gasteiger partial charge in [0.15, 0.2) is 10.2 Å². The summed E-state index contributed by atoms with van der Waals surface area (Å²) in [5.41, 5.74) is 1.32. The van der Waals surface area contributed by atoms with Crippen LogP contribution < -0.4 is 16.0 Å². The van der Waals surface area contributed by atoms with Gasteiger partial charge in [-0.1, -0.05) is 6.07 Å². The van der Waals surface area contributed by atoms with Crippen LogP contribution in [0.1, 0.15) is 25.6 Å². The van der Waals surface area contributed by atoms with Crippen molar-refractivity contribution in [2.75, 3.05) is 132 Å². The Morgan fingerprint density at radius 3 is 1.41 bits per heavy atom. The van der Waals surface area contributed by atoms with E-state index < -0.39 is 31.2 Å². The molecule has 337 valence electrons. The third-order valence-corrected chi connectivity index (χ3v) is 9.41. The maximum atomic E-state index is 12.5. The van der Waals surface area contributed by atoms with Crippen LogP contribution in [-0.4, -0.2) is 237 Å². The number of aliphatic hydroxyl groups is 6. The number of halogens is 1. The number of thiocarbonyl (C=S) groups is 2. The summed E-state index contributed by atoms with van der Waals surface area (Å²) < 4.78 is 15.5. The van der Waals surface area contributed by atoms with Crippen molar-refractivity contribution in [1.82, 2.24) is 45.4 Å². The minimum Gasteiger partial charge on any atom is -0.480 e. The van der Waals surface area contributed by atoms with Gasteiger partial charge in [0, 0.05) is 109 Å². The van der Waals surface area contributed by atoms with Crippen molar-refractivity contribution < 1.29 is 73.3 Å². The number of nitrogens with zero attached hydrogens (tertiary/aromatic N) is 6. The van der Waals surface area contributed by atoms with Crippen molar-refractivity contribution in [1.29, 1.82) is 0 Å². The first-order valence-electron chi connectivity index (χ1n) is 19.4. The average molecular weight is 912 g/mol. The van der Waals surface area contributed by atoms with Crippen LogP contribution in [0, 0.1) is 0 Å². The minimum atomic E-state index is -1.00. The number of aromatic nitrogens is 1. The fourth-order valence-electron chi connectivity index (χ4n) is 5.70. The topological polar surface area (TPSA) is 261 Å². The van der Waals surface area contributed by atoms with E-state index in [1.807, 2.05) is 39.9 Å². The van der Waals surface area contributed by atoms with Crippen LogP contribution in [0.4, 0.5) is 4.39 Å². The van der Waals surface area contributed by atoms with Crippen LogP contribution in [0.25, 0.3) is 0 Å². The van der Waals surface area contributed by atoms with Gasteiger partial charge >= 0.3 is 11.9 Å². The van der Waals surface area contributed by atoms with Gasteiger partial charge in [-0.15, -0.1) is 0 Å². The van der Waals surface area contributed by atoms with Crippen molar-refractivity contribution in [2.24, 2.45) is 0 Å². The molecular weight excluding hydrogens is 845 g/mol. The molecule has 23 heteroatoms. The van der Waals surface area contributed by atoms with Gasteiger partial charge in [-0.25, -0.2) is 0 Å². The smallest absolute Gasteiger partial charge is 0.320 e. The van der Waals surface area contributed by atoms with Crippen molar-refractivity contribution in [2.45, 2.75) is 38.0 Å². The first kappa shape index (κ1) is 55.5. The SMILES string of the molecule is CN1CCN(C(CCNC(=S)N(CCO)CCO)C(=O)O)Cc2cccc(n2)CN(C(CCNC(=S)N(CCO)CCO)C(=O)O)CC1.OCCNCCO.[2H]CF.[Mn]. The number of fused-ring (bicyclic) bond motifs is 2. The molecule has 0 saturated heterocycles. The Labute approximate surface area is 364 Å². The zero-order valence-electron chi connectivity index (χ0n) is 34.3. The Morgan fingerprint density at radius 2 is 1.10 bits per heavy atom. The quantitative estimate of drug-likeness (QED) is 0.0311. The maximum absolute atomic E-state index is 12.5. The largest absolute Gasteiger partial charge is 0.480 e. The van der Waals surface area contributed by atoms with Gasteiger partial charge in [0.1, 0.15) is 12.1 Å². The fourth-order valence-corrected chi connectivity index (χ4v) is 6.27. The summed E-state index contributed by atoms with van der Waals surface area (Å²) in [6.07, 6.45) is 0.489. The standard InChI is InChI=1S/C30H52N8O8S2.C4H11NO2.CH3F.Mn/c1-34-9-11-37(25(27(43)44)5-7-31-29(47)35(13-17-39)14-18-40)21-23-3-2-4-24(33-23)22-38(12-10-34)26(28(45)46)6-8-32-30(48)36(15-19-41)16-20-42;6-3-1-5-2-4-7;1-2;/h2-4,25-26,39-42H,5-22H2,1H3,(H,31,47)(H,32,48)(H,43,44)(H,45,46);5-7H,1-4H2;1H3;/i;;1D;. The molecule has 2 rings (SSSR count). The second-order valence-electron chi connectivity index (χ2n) is 12.7. The third kappa shape index (κ3) is 24.6. The molecule has 19 nitrogen and oxygen atoms in total. The molecule has 0 saturated carbocycles. The summed E-state index contributed by atoms with van der Waals surface area (Å²) in [6, 6.07) is 3.81. The Bertz CT molecular complexity index is 1190. The summed E-state index contributed by atoms with van der Waals surface area (Å²) in [5, 5.41) is 83.4. The van der Waals surface area contributed by atoms with E-state index in [0.29, 0.717) is 60.9 Å². The molecular formula is C35H66FMnN9O10S2. The zero-order chi connectivity index (χ0) is 43.7. The molecule has 1 radical (unpaired) electrons. The number of likely N-dealkylation sites (N-methyl/N-ethyl adjacent to an activating group) is 1. The molecule has 58 heavy (non-hydrogen) atoms. The van der Waals surface area contributed by atoms with E-state index in [0.717, 1.165) is 0 Å². The molecule has 2 unspecified atom stereocenters. The Hall–Kier alpha value is -2.48. The van der Waals surface area contributed by atoms with Gasteiger partial charge in [-0.2, -0.15) is 0 Å². The van der Waals surface area contributed by atoms with Gasteiger partial charge in [-0.05, 0) is 56.5 Å². The van der Waals surface area contributed by atoms with E-state index in [4.69, 9.17) is 41.0 Å². The molecule has 2 atom stereocenters. The number of pyridine rings is 1. The normalized spacial score (nSPS) is 14.9. The molecule has 1 aliphatic heterocycles.